The lowest BCUT2D eigenvalue weighted by Crippen LogP contribution is -2.31. The van der Waals surface area contributed by atoms with Crippen LogP contribution in [0.3, 0.4) is 0 Å². The Morgan fingerprint density at radius 1 is 1.17 bits per heavy atom. The van der Waals surface area contributed by atoms with Gasteiger partial charge < -0.3 is 4.90 Å². The maximum atomic E-state index is 4.51. The lowest BCUT2D eigenvalue weighted by atomic mass is 10.0. The van der Waals surface area contributed by atoms with Gasteiger partial charge in [0.25, 0.3) is 0 Å². The summed E-state index contributed by atoms with van der Waals surface area (Å²) >= 11 is 3.47. The Morgan fingerprint density at radius 2 is 2.00 bits per heavy atom. The zero-order valence-corrected chi connectivity index (χ0v) is 14.8. The molecule has 0 aliphatic carbocycles. The van der Waals surface area contributed by atoms with Crippen molar-refractivity contribution in [3.8, 4) is 11.8 Å². The van der Waals surface area contributed by atoms with Gasteiger partial charge in [-0.05, 0) is 55.7 Å². The lowest BCUT2D eigenvalue weighted by Gasteiger charge is -2.30. The van der Waals surface area contributed by atoms with Crippen molar-refractivity contribution in [3.63, 3.8) is 0 Å². The quantitative estimate of drug-likeness (QED) is 0.678. The van der Waals surface area contributed by atoms with Crippen LogP contribution in [0.5, 0.6) is 0 Å². The number of hydrogen-bond donors (Lipinski definition) is 0. The summed E-state index contributed by atoms with van der Waals surface area (Å²) in [6.45, 7) is 4.15. The molecule has 1 aromatic carbocycles. The Balaban J connectivity index is 1.62. The molecule has 116 valence electrons. The first-order valence-electron chi connectivity index (χ1n) is 7.84. The molecule has 23 heavy (non-hydrogen) atoms. The van der Waals surface area contributed by atoms with Gasteiger partial charge in [-0.2, -0.15) is 0 Å². The first-order chi connectivity index (χ1) is 11.2. The smallest absolute Gasteiger partial charge is 0.131 e. The summed E-state index contributed by atoms with van der Waals surface area (Å²) in [6, 6.07) is 12.2. The molecule has 0 unspecified atom stereocenters. The largest absolute Gasteiger partial charge is 0.356 e. The van der Waals surface area contributed by atoms with Crippen molar-refractivity contribution in [2.75, 3.05) is 18.0 Å². The van der Waals surface area contributed by atoms with Gasteiger partial charge in [-0.1, -0.05) is 45.5 Å². The standard InChI is InChI=1S/C20H19BrN2/c1-16-5-4-12-22-20(16)23-13-10-17(11-14-23)6-2-7-18-8-3-9-19(21)15-18/h3-6,8-9,12,15H,10-11,13-14H2,1H3. The van der Waals surface area contributed by atoms with Crippen LogP contribution in [-0.2, 0) is 0 Å². The molecule has 3 heteroatoms. The van der Waals surface area contributed by atoms with Crippen LogP contribution in [0, 0.1) is 18.8 Å². The van der Waals surface area contributed by atoms with Crippen LogP contribution >= 0.6 is 15.9 Å². The van der Waals surface area contributed by atoms with Crippen molar-refractivity contribution in [1.29, 1.82) is 0 Å². The highest BCUT2D eigenvalue weighted by molar-refractivity contribution is 9.10. The molecule has 2 nitrogen and oxygen atoms in total. The van der Waals surface area contributed by atoms with E-state index in [2.05, 4.69) is 56.7 Å². The van der Waals surface area contributed by atoms with Crippen LogP contribution in [0.1, 0.15) is 24.0 Å². The molecule has 1 aliphatic heterocycles. The fourth-order valence-corrected chi connectivity index (χ4v) is 3.15. The highest BCUT2D eigenvalue weighted by Crippen LogP contribution is 2.23. The first-order valence-corrected chi connectivity index (χ1v) is 8.63. The molecule has 1 aromatic heterocycles. The van der Waals surface area contributed by atoms with Crippen LogP contribution in [-0.4, -0.2) is 18.1 Å². The number of piperidine rings is 1. The molecule has 2 aromatic rings. The number of nitrogens with zero attached hydrogens (tertiary/aromatic N) is 2. The molecule has 1 fully saturated rings. The maximum absolute atomic E-state index is 4.51. The molecule has 2 heterocycles. The van der Waals surface area contributed by atoms with Crippen molar-refractivity contribution < 1.29 is 0 Å². The Hall–Kier alpha value is -2.05. The summed E-state index contributed by atoms with van der Waals surface area (Å²) in [5, 5.41) is 0. The van der Waals surface area contributed by atoms with E-state index in [0.717, 1.165) is 41.8 Å². The zero-order chi connectivity index (χ0) is 16.1. The van der Waals surface area contributed by atoms with E-state index in [1.54, 1.807) is 0 Å². The first kappa shape index (κ1) is 15.8. The highest BCUT2D eigenvalue weighted by Gasteiger charge is 2.16. The Morgan fingerprint density at radius 3 is 2.74 bits per heavy atom. The lowest BCUT2D eigenvalue weighted by molar-refractivity contribution is 0.675. The molecule has 0 radical (unpaired) electrons. The number of halogens is 1. The van der Waals surface area contributed by atoms with E-state index in [0.29, 0.717) is 0 Å². The Kier molecular flexibility index (Phi) is 5.15. The van der Waals surface area contributed by atoms with Gasteiger partial charge in [-0.15, -0.1) is 0 Å². The molecule has 1 saturated heterocycles. The summed E-state index contributed by atoms with van der Waals surface area (Å²) in [6.07, 6.45) is 6.08. The maximum Gasteiger partial charge on any atom is 0.131 e. The van der Waals surface area contributed by atoms with Crippen LogP contribution < -0.4 is 4.90 Å². The van der Waals surface area contributed by atoms with E-state index in [9.17, 15) is 0 Å². The van der Waals surface area contributed by atoms with Crippen LogP contribution in [0.15, 0.2) is 58.7 Å². The van der Waals surface area contributed by atoms with E-state index in [-0.39, 0.29) is 0 Å². The number of hydrogen-bond acceptors (Lipinski definition) is 2. The van der Waals surface area contributed by atoms with Gasteiger partial charge in [0.2, 0.25) is 0 Å². The van der Waals surface area contributed by atoms with Crippen molar-refractivity contribution in [1.82, 2.24) is 4.98 Å². The molecule has 0 amide bonds. The number of aryl methyl sites for hydroxylation is 1. The summed E-state index contributed by atoms with van der Waals surface area (Å²) in [7, 11) is 0. The zero-order valence-electron chi connectivity index (χ0n) is 13.2. The third-order valence-electron chi connectivity index (χ3n) is 4.00. The second kappa shape index (κ2) is 7.48. The monoisotopic (exact) mass is 366 g/mol. The van der Waals surface area contributed by atoms with Gasteiger partial charge in [-0.3, -0.25) is 0 Å². The molecular formula is C20H19BrN2. The minimum Gasteiger partial charge on any atom is -0.356 e. The predicted molar refractivity (Wildman–Crippen MR) is 99.5 cm³/mol. The van der Waals surface area contributed by atoms with E-state index >= 15 is 0 Å². The topological polar surface area (TPSA) is 16.1 Å². The van der Waals surface area contributed by atoms with Gasteiger partial charge in [0, 0.05) is 29.3 Å². The molecule has 0 saturated carbocycles. The fraction of sp³-hybridized carbons (Fsp3) is 0.250. The van der Waals surface area contributed by atoms with E-state index in [1.807, 2.05) is 36.5 Å². The molecule has 0 bridgehead atoms. The number of aromatic nitrogens is 1. The normalized spacial score (nSPS) is 14.2. The second-order valence-corrected chi connectivity index (χ2v) is 6.63. The minimum absolute atomic E-state index is 1.02. The Bertz CT molecular complexity index is 773. The summed E-state index contributed by atoms with van der Waals surface area (Å²) in [5.41, 5.74) is 3.71. The van der Waals surface area contributed by atoms with Gasteiger partial charge in [0.1, 0.15) is 5.82 Å². The van der Waals surface area contributed by atoms with Crippen molar-refractivity contribution >= 4 is 21.7 Å². The second-order valence-electron chi connectivity index (χ2n) is 5.71. The van der Waals surface area contributed by atoms with Crippen molar-refractivity contribution in [3.05, 3.63) is 69.8 Å². The molecule has 1 aliphatic rings. The third-order valence-corrected chi connectivity index (χ3v) is 4.50. The SMILES string of the molecule is Cc1cccnc1N1CCC(=CC#Cc2cccc(Br)c2)CC1. The van der Waals surface area contributed by atoms with E-state index in [4.69, 9.17) is 0 Å². The molecule has 0 atom stereocenters. The summed E-state index contributed by atoms with van der Waals surface area (Å²) in [4.78, 5) is 6.88. The average Bonchev–Trinajstić information content (AvgIpc) is 2.56. The molecular weight excluding hydrogens is 348 g/mol. The van der Waals surface area contributed by atoms with Gasteiger partial charge in [0.15, 0.2) is 0 Å². The van der Waals surface area contributed by atoms with Crippen molar-refractivity contribution in [2.45, 2.75) is 19.8 Å². The van der Waals surface area contributed by atoms with Crippen molar-refractivity contribution in [2.24, 2.45) is 0 Å². The highest BCUT2D eigenvalue weighted by atomic mass is 79.9. The molecule has 0 spiro atoms. The number of pyridine rings is 1. The van der Waals surface area contributed by atoms with Gasteiger partial charge in [-0.25, -0.2) is 4.98 Å². The minimum atomic E-state index is 1.02. The molecule has 3 rings (SSSR count). The average molecular weight is 367 g/mol. The predicted octanol–water partition coefficient (Wildman–Crippen LogP) is 4.73. The van der Waals surface area contributed by atoms with Gasteiger partial charge >= 0.3 is 0 Å². The third kappa shape index (κ3) is 4.24. The van der Waals surface area contributed by atoms with Gasteiger partial charge in [0.05, 0.1) is 0 Å². The van der Waals surface area contributed by atoms with E-state index in [1.165, 1.54) is 11.1 Å². The number of allylic oxidation sites excluding steroid dienone is 1. The number of rotatable bonds is 1. The van der Waals surface area contributed by atoms with E-state index < -0.39 is 0 Å². The Labute approximate surface area is 146 Å². The number of anilines is 1. The summed E-state index contributed by atoms with van der Waals surface area (Å²) < 4.78 is 1.07. The van der Waals surface area contributed by atoms with Crippen LogP contribution in [0.2, 0.25) is 0 Å². The molecule has 0 N–H and O–H groups in total. The fourth-order valence-electron chi connectivity index (χ4n) is 2.75. The summed E-state index contributed by atoms with van der Waals surface area (Å²) in [5.74, 6) is 7.52. The van der Waals surface area contributed by atoms with Crippen LogP contribution in [0.25, 0.3) is 0 Å². The number of benzene rings is 1. The van der Waals surface area contributed by atoms with Crippen LogP contribution in [0.4, 0.5) is 5.82 Å².